The molecule has 2 N–H and O–H groups in total. The van der Waals surface area contributed by atoms with E-state index in [-0.39, 0.29) is 23.2 Å². The van der Waals surface area contributed by atoms with Gasteiger partial charge in [-0.1, -0.05) is 66.0 Å². The Morgan fingerprint density at radius 3 is 2.33 bits per heavy atom. The molecule has 6 unspecified atom stereocenters. The van der Waals surface area contributed by atoms with E-state index in [9.17, 15) is 23.4 Å². The maximum Gasteiger partial charge on any atom is 0.416 e. The van der Waals surface area contributed by atoms with Crippen LogP contribution in [0, 0.1) is 34.5 Å². The van der Waals surface area contributed by atoms with E-state index in [1.165, 1.54) is 18.4 Å². The van der Waals surface area contributed by atoms with E-state index in [4.69, 9.17) is 0 Å². The van der Waals surface area contributed by atoms with Gasteiger partial charge >= 0.3 is 6.18 Å². The number of alkyl halides is 3. The molecule has 2 saturated carbocycles. The molecule has 0 aromatic carbocycles. The standard InChI is InChI=1S/C29H49F3O2.C2H6/c1-20(13-16-28(6,34)29(30,31)32)24-12-7-9-21(2)26(24,4)15-14-22-10-8-11-23-19-25(3,33)17-18-27(22,23)5;1-2/h11,20-22,24,33-34H,7-10,12-19H2,1-6H3;1-2H3/t20-,21?,22?,24?,25+,26?,27?,28?;/m1./s1. The molecule has 3 rings (SSSR count). The number of hydrogen-bond acceptors (Lipinski definition) is 2. The molecule has 0 heterocycles. The molecule has 0 aromatic rings. The van der Waals surface area contributed by atoms with Gasteiger partial charge in [0.15, 0.2) is 5.60 Å². The number of fused-ring (bicyclic) bond motifs is 1. The summed E-state index contributed by atoms with van der Waals surface area (Å²) in [5.74, 6) is 1.70. The zero-order chi connectivity index (χ0) is 27.6. The monoisotopic (exact) mass is 516 g/mol. The summed E-state index contributed by atoms with van der Waals surface area (Å²) >= 11 is 0. The second-order valence-electron chi connectivity index (χ2n) is 13.4. The van der Waals surface area contributed by atoms with Crippen LogP contribution in [0.4, 0.5) is 13.2 Å². The fraction of sp³-hybridized carbons (Fsp3) is 0.935. The molecule has 0 radical (unpaired) electrons. The third-order valence-corrected chi connectivity index (χ3v) is 10.8. The zero-order valence-electron chi connectivity index (χ0n) is 24.4. The molecule has 3 aliphatic carbocycles. The highest BCUT2D eigenvalue weighted by molar-refractivity contribution is 5.23. The van der Waals surface area contributed by atoms with Crippen LogP contribution in [0.3, 0.4) is 0 Å². The van der Waals surface area contributed by atoms with E-state index in [2.05, 4.69) is 33.8 Å². The summed E-state index contributed by atoms with van der Waals surface area (Å²) < 4.78 is 39.6. The predicted molar refractivity (Wildman–Crippen MR) is 144 cm³/mol. The van der Waals surface area contributed by atoms with Gasteiger partial charge in [0.05, 0.1) is 5.60 Å². The predicted octanol–water partition coefficient (Wildman–Crippen LogP) is 9.24. The highest BCUT2D eigenvalue weighted by Gasteiger charge is 2.51. The van der Waals surface area contributed by atoms with Crippen molar-refractivity contribution in [2.24, 2.45) is 34.5 Å². The first-order valence-electron chi connectivity index (χ1n) is 14.7. The fourth-order valence-electron chi connectivity index (χ4n) is 7.77. The van der Waals surface area contributed by atoms with Crippen molar-refractivity contribution in [2.45, 2.75) is 150 Å². The Balaban J connectivity index is 0.00000222. The summed E-state index contributed by atoms with van der Waals surface area (Å²) in [7, 11) is 0. The lowest BCUT2D eigenvalue weighted by Crippen LogP contribution is -2.45. The van der Waals surface area contributed by atoms with Gasteiger partial charge in [0.2, 0.25) is 0 Å². The minimum atomic E-state index is -4.58. The Labute approximate surface area is 219 Å². The second-order valence-corrected chi connectivity index (χ2v) is 13.4. The smallest absolute Gasteiger partial charge is 0.390 e. The maximum absolute atomic E-state index is 13.2. The van der Waals surface area contributed by atoms with Crippen LogP contribution >= 0.6 is 0 Å². The largest absolute Gasteiger partial charge is 0.416 e. The summed E-state index contributed by atoms with van der Waals surface area (Å²) in [5, 5.41) is 20.6. The van der Waals surface area contributed by atoms with Crippen LogP contribution in [0.5, 0.6) is 0 Å². The third kappa shape index (κ3) is 6.71. The van der Waals surface area contributed by atoms with Gasteiger partial charge in [0.25, 0.3) is 0 Å². The number of hydrogen-bond donors (Lipinski definition) is 2. The summed E-state index contributed by atoms with van der Waals surface area (Å²) in [6.07, 6.45) is 8.61. The molecular weight excluding hydrogens is 461 g/mol. The quantitative estimate of drug-likeness (QED) is 0.331. The van der Waals surface area contributed by atoms with Crippen LogP contribution in [-0.4, -0.2) is 27.6 Å². The molecule has 0 bridgehead atoms. The van der Waals surface area contributed by atoms with Crippen molar-refractivity contribution in [2.75, 3.05) is 0 Å². The average Bonchev–Trinajstić information content (AvgIpc) is 2.79. The van der Waals surface area contributed by atoms with Gasteiger partial charge in [-0.25, -0.2) is 0 Å². The molecule has 2 fully saturated rings. The number of allylic oxidation sites excluding steroid dienone is 1. The van der Waals surface area contributed by atoms with Crippen LogP contribution in [0.1, 0.15) is 132 Å². The first-order chi connectivity index (χ1) is 16.5. The fourth-order valence-corrected chi connectivity index (χ4v) is 7.77. The van der Waals surface area contributed by atoms with E-state index in [1.807, 2.05) is 20.8 Å². The van der Waals surface area contributed by atoms with Gasteiger partial charge in [0, 0.05) is 0 Å². The summed E-state index contributed by atoms with van der Waals surface area (Å²) in [4.78, 5) is 0. The third-order valence-electron chi connectivity index (χ3n) is 10.8. The molecule has 36 heavy (non-hydrogen) atoms. The van der Waals surface area contributed by atoms with Crippen molar-refractivity contribution in [1.82, 2.24) is 0 Å². The van der Waals surface area contributed by atoms with Crippen LogP contribution in [0.25, 0.3) is 0 Å². The molecule has 0 aliphatic heterocycles. The minimum absolute atomic E-state index is 0.111. The zero-order valence-corrected chi connectivity index (χ0v) is 24.4. The SMILES string of the molecule is CC.CC1CCCC([C@H](C)CCC(C)(O)C(F)(F)F)C1(C)CCC1CCC=C2C[C@@](C)(O)CCC21C. The summed E-state index contributed by atoms with van der Waals surface area (Å²) in [6, 6.07) is 0. The average molecular weight is 517 g/mol. The molecular formula is C31H55F3O2. The lowest BCUT2D eigenvalue weighted by atomic mass is 9.53. The first-order valence-corrected chi connectivity index (χ1v) is 14.7. The number of rotatable bonds is 7. The van der Waals surface area contributed by atoms with Gasteiger partial charge in [-0.2, -0.15) is 13.2 Å². The van der Waals surface area contributed by atoms with Crippen LogP contribution in [0.15, 0.2) is 11.6 Å². The Bertz CT molecular complexity index is 741. The molecule has 3 aliphatic rings. The van der Waals surface area contributed by atoms with Crippen molar-refractivity contribution < 1.29 is 23.4 Å². The van der Waals surface area contributed by atoms with Crippen LogP contribution in [-0.2, 0) is 0 Å². The van der Waals surface area contributed by atoms with Crippen molar-refractivity contribution in [3.05, 3.63) is 11.6 Å². The molecule has 0 spiro atoms. The maximum atomic E-state index is 13.2. The van der Waals surface area contributed by atoms with E-state index < -0.39 is 17.4 Å². The normalized spacial score (nSPS) is 39.7. The summed E-state index contributed by atoms with van der Waals surface area (Å²) in [6.45, 7) is 16.1. The number of aliphatic hydroxyl groups is 2. The lowest BCUT2D eigenvalue weighted by Gasteiger charge is -2.53. The lowest BCUT2D eigenvalue weighted by molar-refractivity contribution is -0.256. The highest BCUT2D eigenvalue weighted by atomic mass is 19.4. The van der Waals surface area contributed by atoms with Crippen LogP contribution in [0.2, 0.25) is 0 Å². The van der Waals surface area contributed by atoms with Gasteiger partial charge in [-0.05, 0) is 113 Å². The van der Waals surface area contributed by atoms with Crippen LogP contribution < -0.4 is 0 Å². The molecule has 0 amide bonds. The number of halogens is 3. The van der Waals surface area contributed by atoms with E-state index >= 15 is 0 Å². The van der Waals surface area contributed by atoms with Crippen molar-refractivity contribution >= 4 is 0 Å². The van der Waals surface area contributed by atoms with Crippen molar-refractivity contribution in [1.29, 1.82) is 0 Å². The topological polar surface area (TPSA) is 40.5 Å². The molecule has 8 atom stereocenters. The van der Waals surface area contributed by atoms with Gasteiger partial charge in [-0.3, -0.25) is 0 Å². The van der Waals surface area contributed by atoms with Crippen molar-refractivity contribution in [3.8, 4) is 0 Å². The second kappa shape index (κ2) is 11.7. The van der Waals surface area contributed by atoms with Gasteiger partial charge in [0.1, 0.15) is 0 Å². The Morgan fingerprint density at radius 2 is 1.72 bits per heavy atom. The summed E-state index contributed by atoms with van der Waals surface area (Å²) in [5.41, 5.74) is -1.48. The van der Waals surface area contributed by atoms with E-state index in [0.717, 1.165) is 58.3 Å². The highest BCUT2D eigenvalue weighted by Crippen LogP contribution is 2.57. The van der Waals surface area contributed by atoms with E-state index in [1.54, 1.807) is 0 Å². The molecule has 5 heteroatoms. The Morgan fingerprint density at radius 1 is 1.08 bits per heavy atom. The van der Waals surface area contributed by atoms with Crippen molar-refractivity contribution in [3.63, 3.8) is 0 Å². The van der Waals surface area contributed by atoms with Gasteiger partial charge < -0.3 is 10.2 Å². The molecule has 212 valence electrons. The first kappa shape index (κ1) is 31.7. The van der Waals surface area contributed by atoms with E-state index in [0.29, 0.717) is 24.2 Å². The molecule has 0 saturated heterocycles. The molecule has 2 nitrogen and oxygen atoms in total. The van der Waals surface area contributed by atoms with Gasteiger partial charge in [-0.15, -0.1) is 0 Å². The Kier molecular flexibility index (Phi) is 10.3. The minimum Gasteiger partial charge on any atom is -0.390 e. The molecule has 0 aromatic heterocycles. The Hall–Kier alpha value is -0.550.